The second-order valence-electron chi connectivity index (χ2n) is 4.14. The van der Waals surface area contributed by atoms with E-state index in [2.05, 4.69) is 30.4 Å². The minimum Gasteiger partial charge on any atom is -0.466 e. The molecule has 1 heterocycles. The molecule has 3 heteroatoms. The number of ether oxygens (including phenoxy) is 1. The van der Waals surface area contributed by atoms with Crippen LogP contribution in [0.2, 0.25) is 0 Å². The summed E-state index contributed by atoms with van der Waals surface area (Å²) in [5, 5.41) is 0. The van der Waals surface area contributed by atoms with Crippen molar-refractivity contribution in [3.63, 3.8) is 0 Å². The van der Waals surface area contributed by atoms with Gasteiger partial charge < -0.3 is 4.74 Å². The quantitative estimate of drug-likeness (QED) is 0.497. The fourth-order valence-electron chi connectivity index (χ4n) is 1.97. The van der Waals surface area contributed by atoms with Gasteiger partial charge in [0, 0.05) is 24.7 Å². The van der Waals surface area contributed by atoms with Crippen LogP contribution in [0.4, 0.5) is 0 Å². The molecule has 1 fully saturated rings. The predicted molar refractivity (Wildman–Crippen MR) is 56.0 cm³/mol. The maximum absolute atomic E-state index is 11.0. The van der Waals surface area contributed by atoms with E-state index in [1.807, 2.05) is 0 Å². The van der Waals surface area contributed by atoms with Crippen molar-refractivity contribution in [2.75, 3.05) is 13.7 Å². The highest BCUT2D eigenvalue weighted by Gasteiger charge is 2.26. The Morgan fingerprint density at radius 1 is 1.64 bits per heavy atom. The molecule has 80 valence electrons. The van der Waals surface area contributed by atoms with E-state index in [-0.39, 0.29) is 5.97 Å². The van der Waals surface area contributed by atoms with Crippen molar-refractivity contribution in [2.24, 2.45) is 0 Å². The Labute approximate surface area is 85.7 Å². The second kappa shape index (κ2) is 4.60. The van der Waals surface area contributed by atoms with Gasteiger partial charge in [-0.25, -0.2) is 4.79 Å². The lowest BCUT2D eigenvalue weighted by Crippen LogP contribution is -2.33. The fraction of sp³-hybridized carbons (Fsp3) is 0.727. The highest BCUT2D eigenvalue weighted by Crippen LogP contribution is 2.24. The average Bonchev–Trinajstić information content (AvgIpc) is 2.46. The van der Waals surface area contributed by atoms with Crippen LogP contribution in [0.5, 0.6) is 0 Å². The first-order valence-electron chi connectivity index (χ1n) is 5.07. The maximum Gasteiger partial charge on any atom is 0.330 e. The van der Waals surface area contributed by atoms with Gasteiger partial charge >= 0.3 is 5.97 Å². The van der Waals surface area contributed by atoms with Crippen LogP contribution in [-0.4, -0.2) is 36.6 Å². The van der Waals surface area contributed by atoms with E-state index in [9.17, 15) is 4.79 Å². The number of methoxy groups -OCH3 is 1. The zero-order valence-corrected chi connectivity index (χ0v) is 9.41. The van der Waals surface area contributed by atoms with E-state index < -0.39 is 0 Å². The van der Waals surface area contributed by atoms with Gasteiger partial charge in [-0.05, 0) is 32.8 Å². The average molecular weight is 197 g/mol. The van der Waals surface area contributed by atoms with Crippen molar-refractivity contribution in [3.8, 4) is 0 Å². The van der Waals surface area contributed by atoms with Crippen LogP contribution in [0.15, 0.2) is 11.6 Å². The van der Waals surface area contributed by atoms with Crippen molar-refractivity contribution in [1.29, 1.82) is 0 Å². The van der Waals surface area contributed by atoms with E-state index in [1.165, 1.54) is 12.7 Å². The summed E-state index contributed by atoms with van der Waals surface area (Å²) in [4.78, 5) is 13.4. The summed E-state index contributed by atoms with van der Waals surface area (Å²) in [6, 6.07) is 1.07. The molecule has 1 rings (SSSR count). The third-order valence-electron chi connectivity index (χ3n) is 2.70. The first-order valence-corrected chi connectivity index (χ1v) is 5.07. The highest BCUT2D eigenvalue weighted by molar-refractivity contribution is 5.82. The van der Waals surface area contributed by atoms with Crippen LogP contribution in [0, 0.1) is 0 Å². The standard InChI is InChI=1S/C11H19NO2/c1-8(2)12-7-10(5-9(12)3)6-11(13)14-4/h6,8-9H,5,7H2,1-4H3/b10-6+. The molecule has 1 saturated heterocycles. The first-order chi connectivity index (χ1) is 6.54. The van der Waals surface area contributed by atoms with Crippen LogP contribution in [-0.2, 0) is 9.53 Å². The molecule has 14 heavy (non-hydrogen) atoms. The molecule has 0 aliphatic carbocycles. The van der Waals surface area contributed by atoms with Gasteiger partial charge in [0.05, 0.1) is 7.11 Å². The van der Waals surface area contributed by atoms with Crippen LogP contribution < -0.4 is 0 Å². The molecular weight excluding hydrogens is 178 g/mol. The zero-order valence-electron chi connectivity index (χ0n) is 9.41. The molecule has 3 nitrogen and oxygen atoms in total. The molecule has 0 aromatic rings. The van der Waals surface area contributed by atoms with Gasteiger partial charge in [-0.2, -0.15) is 0 Å². The van der Waals surface area contributed by atoms with Crippen molar-refractivity contribution in [1.82, 2.24) is 4.90 Å². The Bertz CT molecular complexity index is 246. The summed E-state index contributed by atoms with van der Waals surface area (Å²) >= 11 is 0. The molecule has 0 saturated carbocycles. The van der Waals surface area contributed by atoms with E-state index in [0.717, 1.165) is 13.0 Å². The van der Waals surface area contributed by atoms with Gasteiger partial charge in [0.2, 0.25) is 0 Å². The van der Waals surface area contributed by atoms with Gasteiger partial charge in [-0.3, -0.25) is 4.90 Å². The van der Waals surface area contributed by atoms with Crippen LogP contribution in [0.1, 0.15) is 27.2 Å². The van der Waals surface area contributed by atoms with E-state index in [0.29, 0.717) is 12.1 Å². The summed E-state index contributed by atoms with van der Waals surface area (Å²) in [6.45, 7) is 7.45. The molecule has 0 amide bonds. The minimum atomic E-state index is -0.238. The molecular formula is C11H19NO2. The summed E-state index contributed by atoms with van der Waals surface area (Å²) in [7, 11) is 1.41. The number of hydrogen-bond acceptors (Lipinski definition) is 3. The van der Waals surface area contributed by atoms with Gasteiger partial charge in [0.15, 0.2) is 0 Å². The van der Waals surface area contributed by atoms with Crippen molar-refractivity contribution in [3.05, 3.63) is 11.6 Å². The summed E-state index contributed by atoms with van der Waals surface area (Å²) in [5.74, 6) is -0.238. The maximum atomic E-state index is 11.0. The van der Waals surface area contributed by atoms with Crippen molar-refractivity contribution in [2.45, 2.75) is 39.3 Å². The van der Waals surface area contributed by atoms with Gasteiger partial charge in [0.25, 0.3) is 0 Å². The zero-order chi connectivity index (χ0) is 10.7. The normalized spacial score (nSPS) is 26.1. The summed E-state index contributed by atoms with van der Waals surface area (Å²) in [6.07, 6.45) is 2.60. The number of rotatable bonds is 2. The number of esters is 1. The molecule has 1 unspecified atom stereocenters. The number of hydrogen-bond donors (Lipinski definition) is 0. The van der Waals surface area contributed by atoms with Gasteiger partial charge in [0.1, 0.15) is 0 Å². The molecule has 1 aliphatic heterocycles. The Balaban J connectivity index is 2.62. The molecule has 1 aliphatic rings. The van der Waals surface area contributed by atoms with Gasteiger partial charge in [-0.15, -0.1) is 0 Å². The monoisotopic (exact) mass is 197 g/mol. The lowest BCUT2D eigenvalue weighted by Gasteiger charge is -2.24. The number of carbonyl (C=O) groups excluding carboxylic acids is 1. The molecule has 0 aromatic heterocycles. The van der Waals surface area contributed by atoms with Gasteiger partial charge in [-0.1, -0.05) is 0 Å². The lowest BCUT2D eigenvalue weighted by molar-refractivity contribution is -0.134. The molecule has 0 bridgehead atoms. The molecule has 0 aromatic carbocycles. The number of nitrogens with zero attached hydrogens (tertiary/aromatic N) is 1. The van der Waals surface area contributed by atoms with E-state index >= 15 is 0 Å². The Kier molecular flexibility index (Phi) is 3.69. The van der Waals surface area contributed by atoms with Crippen LogP contribution in [0.3, 0.4) is 0 Å². The Hall–Kier alpha value is -0.830. The second-order valence-corrected chi connectivity index (χ2v) is 4.14. The first kappa shape index (κ1) is 11.2. The fourth-order valence-corrected chi connectivity index (χ4v) is 1.97. The smallest absolute Gasteiger partial charge is 0.330 e. The summed E-state index contributed by atoms with van der Waals surface area (Å²) < 4.78 is 4.61. The van der Waals surface area contributed by atoms with Crippen molar-refractivity contribution >= 4 is 5.97 Å². The van der Waals surface area contributed by atoms with Crippen LogP contribution in [0.25, 0.3) is 0 Å². The lowest BCUT2D eigenvalue weighted by atomic mass is 10.1. The largest absolute Gasteiger partial charge is 0.466 e. The van der Waals surface area contributed by atoms with Crippen LogP contribution >= 0.6 is 0 Å². The van der Waals surface area contributed by atoms with E-state index in [4.69, 9.17) is 0 Å². The molecule has 0 N–H and O–H groups in total. The van der Waals surface area contributed by atoms with Crippen molar-refractivity contribution < 1.29 is 9.53 Å². The van der Waals surface area contributed by atoms with E-state index in [1.54, 1.807) is 6.08 Å². The topological polar surface area (TPSA) is 29.5 Å². The minimum absolute atomic E-state index is 0.238. The SMILES string of the molecule is COC(=O)/C=C1\CC(C)N(C(C)C)C1. The number of likely N-dealkylation sites (tertiary alicyclic amines) is 1. The Morgan fingerprint density at radius 2 is 2.29 bits per heavy atom. The summed E-state index contributed by atoms with van der Waals surface area (Å²) in [5.41, 5.74) is 1.18. The number of carbonyl (C=O) groups is 1. The predicted octanol–water partition coefficient (Wildman–Crippen LogP) is 1.59. The highest BCUT2D eigenvalue weighted by atomic mass is 16.5. The molecule has 0 radical (unpaired) electrons. The molecule has 0 spiro atoms. The third-order valence-corrected chi connectivity index (χ3v) is 2.70. The third kappa shape index (κ3) is 2.58. The Morgan fingerprint density at radius 3 is 2.71 bits per heavy atom. The molecule has 1 atom stereocenters.